The summed E-state index contributed by atoms with van der Waals surface area (Å²) < 4.78 is 0. The molecule has 1 fully saturated rings. The zero-order chi connectivity index (χ0) is 17.8. The lowest BCUT2D eigenvalue weighted by atomic mass is 9.78. The van der Waals surface area contributed by atoms with E-state index in [-0.39, 0.29) is 0 Å². The molecule has 0 aromatic heterocycles. The first-order valence-electron chi connectivity index (χ1n) is 10.4. The highest BCUT2D eigenvalue weighted by Crippen LogP contribution is 2.45. The van der Waals surface area contributed by atoms with Crippen LogP contribution in [-0.2, 0) is 0 Å². The summed E-state index contributed by atoms with van der Waals surface area (Å²) in [5, 5.41) is 0. The Balaban J connectivity index is 2.02. The summed E-state index contributed by atoms with van der Waals surface area (Å²) in [4.78, 5) is 2.80. The Morgan fingerprint density at radius 3 is 2.68 bits per heavy atom. The second-order valence-electron chi connectivity index (χ2n) is 8.72. The van der Waals surface area contributed by atoms with Gasteiger partial charge in [0.25, 0.3) is 0 Å². The van der Waals surface area contributed by atoms with Gasteiger partial charge in [0.15, 0.2) is 0 Å². The topological polar surface area (TPSA) is 3.24 Å². The number of hydrogen-bond donors (Lipinski definition) is 0. The average molecular weight is 338 g/mol. The molecular formula is C24H35N. The lowest BCUT2D eigenvalue weighted by molar-refractivity contribution is 0.103. The van der Waals surface area contributed by atoms with Gasteiger partial charge in [0.05, 0.1) is 0 Å². The van der Waals surface area contributed by atoms with Gasteiger partial charge in [-0.05, 0) is 67.7 Å². The molecule has 0 N–H and O–H groups in total. The van der Waals surface area contributed by atoms with Crippen LogP contribution in [0.2, 0.25) is 0 Å². The van der Waals surface area contributed by atoms with Gasteiger partial charge in [0.2, 0.25) is 0 Å². The van der Waals surface area contributed by atoms with Gasteiger partial charge in [-0.3, -0.25) is 4.90 Å². The number of benzene rings is 1. The maximum absolute atomic E-state index is 3.77. The SMILES string of the molecule is CC(C)CCC=C=C1c2ccccc2[C@@H]2CCCCN2[C@H]1CC(C)C. The van der Waals surface area contributed by atoms with Crippen molar-refractivity contribution < 1.29 is 0 Å². The van der Waals surface area contributed by atoms with E-state index >= 15 is 0 Å². The van der Waals surface area contributed by atoms with Crippen LogP contribution in [0, 0.1) is 11.8 Å². The first kappa shape index (κ1) is 18.5. The first-order chi connectivity index (χ1) is 12.1. The smallest absolute Gasteiger partial charge is 0.0435 e. The van der Waals surface area contributed by atoms with E-state index in [0.29, 0.717) is 18.0 Å². The maximum atomic E-state index is 3.77. The van der Waals surface area contributed by atoms with Gasteiger partial charge in [-0.1, -0.05) is 58.4 Å². The molecule has 136 valence electrons. The van der Waals surface area contributed by atoms with E-state index in [9.17, 15) is 0 Å². The van der Waals surface area contributed by atoms with Crippen LogP contribution >= 0.6 is 0 Å². The van der Waals surface area contributed by atoms with Gasteiger partial charge in [-0.2, -0.15) is 0 Å². The molecule has 0 radical (unpaired) electrons. The lowest BCUT2D eigenvalue weighted by Crippen LogP contribution is -2.46. The van der Waals surface area contributed by atoms with Gasteiger partial charge in [0, 0.05) is 17.7 Å². The van der Waals surface area contributed by atoms with Crippen LogP contribution in [0.15, 0.2) is 36.1 Å². The van der Waals surface area contributed by atoms with Crippen LogP contribution in [0.1, 0.15) is 83.4 Å². The molecule has 1 aromatic rings. The van der Waals surface area contributed by atoms with Crippen molar-refractivity contribution in [3.05, 3.63) is 47.2 Å². The third kappa shape index (κ3) is 4.27. The number of rotatable bonds is 5. The predicted octanol–water partition coefficient (Wildman–Crippen LogP) is 6.62. The third-order valence-electron chi connectivity index (χ3n) is 5.73. The Hall–Kier alpha value is -1.30. The van der Waals surface area contributed by atoms with Crippen molar-refractivity contribution in [2.45, 2.75) is 78.3 Å². The minimum Gasteiger partial charge on any atom is -0.289 e. The molecule has 0 amide bonds. The molecule has 0 bridgehead atoms. The van der Waals surface area contributed by atoms with Crippen LogP contribution in [0.4, 0.5) is 0 Å². The van der Waals surface area contributed by atoms with Crippen LogP contribution in [0.5, 0.6) is 0 Å². The van der Waals surface area contributed by atoms with Crippen LogP contribution < -0.4 is 0 Å². The normalized spacial score (nSPS) is 23.4. The molecule has 1 nitrogen and oxygen atoms in total. The first-order valence-corrected chi connectivity index (χ1v) is 10.4. The summed E-state index contributed by atoms with van der Waals surface area (Å²) in [6.07, 6.45) is 9.97. The fourth-order valence-corrected chi connectivity index (χ4v) is 4.51. The van der Waals surface area contributed by atoms with Gasteiger partial charge >= 0.3 is 0 Å². The summed E-state index contributed by atoms with van der Waals surface area (Å²) in [7, 11) is 0. The Bertz CT molecular complexity index is 633. The average Bonchev–Trinajstić information content (AvgIpc) is 2.60. The number of piperidine rings is 1. The van der Waals surface area contributed by atoms with E-state index in [1.807, 2.05) is 0 Å². The summed E-state index contributed by atoms with van der Waals surface area (Å²) in [6, 6.07) is 10.3. The minimum absolute atomic E-state index is 0.537. The Morgan fingerprint density at radius 2 is 1.92 bits per heavy atom. The molecule has 2 heterocycles. The number of hydrogen-bond acceptors (Lipinski definition) is 1. The second-order valence-corrected chi connectivity index (χ2v) is 8.72. The van der Waals surface area contributed by atoms with Gasteiger partial charge in [-0.25, -0.2) is 0 Å². The third-order valence-corrected chi connectivity index (χ3v) is 5.73. The van der Waals surface area contributed by atoms with Crippen molar-refractivity contribution in [3.63, 3.8) is 0 Å². The molecule has 0 unspecified atom stereocenters. The second kappa shape index (κ2) is 8.39. The van der Waals surface area contributed by atoms with Crippen molar-refractivity contribution in [3.8, 4) is 0 Å². The quantitative estimate of drug-likeness (QED) is 0.546. The molecule has 1 saturated heterocycles. The zero-order valence-corrected chi connectivity index (χ0v) is 16.6. The Kier molecular flexibility index (Phi) is 6.20. The fraction of sp³-hybridized carbons (Fsp3) is 0.625. The minimum atomic E-state index is 0.537. The molecule has 2 atom stereocenters. The summed E-state index contributed by atoms with van der Waals surface area (Å²) >= 11 is 0. The molecule has 3 rings (SSSR count). The molecule has 2 aliphatic heterocycles. The van der Waals surface area contributed by atoms with Gasteiger partial charge in [0.1, 0.15) is 0 Å². The van der Waals surface area contributed by atoms with E-state index in [2.05, 4.69) is 68.7 Å². The van der Waals surface area contributed by atoms with Crippen molar-refractivity contribution in [1.29, 1.82) is 0 Å². The lowest BCUT2D eigenvalue weighted by Gasteiger charge is -2.47. The number of nitrogens with zero attached hydrogens (tertiary/aromatic N) is 1. The van der Waals surface area contributed by atoms with E-state index < -0.39 is 0 Å². The highest BCUT2D eigenvalue weighted by Gasteiger charge is 2.38. The van der Waals surface area contributed by atoms with Crippen molar-refractivity contribution in [1.82, 2.24) is 4.90 Å². The van der Waals surface area contributed by atoms with E-state index in [1.54, 1.807) is 5.56 Å². The van der Waals surface area contributed by atoms with Crippen molar-refractivity contribution in [2.75, 3.05) is 6.54 Å². The predicted molar refractivity (Wildman–Crippen MR) is 109 cm³/mol. The molecule has 0 aliphatic carbocycles. The van der Waals surface area contributed by atoms with Crippen LogP contribution in [0.25, 0.3) is 5.57 Å². The molecule has 2 aliphatic rings. The van der Waals surface area contributed by atoms with Gasteiger partial charge < -0.3 is 0 Å². The maximum Gasteiger partial charge on any atom is 0.0435 e. The molecule has 1 heteroatoms. The molecular weight excluding hydrogens is 302 g/mol. The van der Waals surface area contributed by atoms with Crippen LogP contribution in [-0.4, -0.2) is 17.5 Å². The van der Waals surface area contributed by atoms with E-state index in [0.717, 1.165) is 12.3 Å². The summed E-state index contributed by atoms with van der Waals surface area (Å²) in [5.74, 6) is 1.48. The monoisotopic (exact) mass is 337 g/mol. The van der Waals surface area contributed by atoms with E-state index in [1.165, 1.54) is 49.8 Å². The summed E-state index contributed by atoms with van der Waals surface area (Å²) in [6.45, 7) is 10.6. The standard InChI is InChI=1S/C24H35N/c1-18(2)11-5-6-14-22-20-12-7-8-13-21(20)23-15-9-10-16-25(23)24(22)17-19(3)4/h6-8,12-13,18-19,23-24H,5,9-11,15-17H2,1-4H3/t14?,23-,24-/m0/s1. The molecule has 0 saturated carbocycles. The Labute approximate surface area is 154 Å². The highest BCUT2D eigenvalue weighted by molar-refractivity contribution is 5.74. The van der Waals surface area contributed by atoms with Crippen LogP contribution in [0.3, 0.4) is 0 Å². The van der Waals surface area contributed by atoms with E-state index in [4.69, 9.17) is 0 Å². The number of fused-ring (bicyclic) bond motifs is 3. The van der Waals surface area contributed by atoms with Crippen molar-refractivity contribution in [2.24, 2.45) is 11.8 Å². The Morgan fingerprint density at radius 1 is 1.12 bits per heavy atom. The highest BCUT2D eigenvalue weighted by atomic mass is 15.2. The molecule has 0 spiro atoms. The fourth-order valence-electron chi connectivity index (χ4n) is 4.51. The zero-order valence-electron chi connectivity index (χ0n) is 16.6. The van der Waals surface area contributed by atoms with Crippen molar-refractivity contribution >= 4 is 5.57 Å². The molecule has 1 aromatic carbocycles. The van der Waals surface area contributed by atoms with Gasteiger partial charge in [-0.15, -0.1) is 5.73 Å². The summed E-state index contributed by atoms with van der Waals surface area (Å²) in [5.41, 5.74) is 8.23. The molecule has 25 heavy (non-hydrogen) atoms. The largest absolute Gasteiger partial charge is 0.289 e.